The zero-order valence-electron chi connectivity index (χ0n) is 20.5. The van der Waals surface area contributed by atoms with E-state index in [2.05, 4.69) is 53.5 Å². The van der Waals surface area contributed by atoms with Crippen molar-refractivity contribution in [3.63, 3.8) is 0 Å². The van der Waals surface area contributed by atoms with E-state index in [0.29, 0.717) is 36.3 Å². The number of hydrogen-bond acceptors (Lipinski definition) is 7. The SMILES string of the molecule is CC(C)c1cc(Nc2nc(N3CCC[C@@H]3C(=O)Nc3ccc(F)nc3)nc3c2C(C)(C)CC3)n[nH]1. The number of hydrogen-bond donors (Lipinski definition) is 3. The summed E-state index contributed by atoms with van der Waals surface area (Å²) in [6.45, 7) is 9.32. The van der Waals surface area contributed by atoms with Crippen molar-refractivity contribution in [3.05, 3.63) is 47.3 Å². The zero-order chi connectivity index (χ0) is 24.7. The second-order valence-corrected chi connectivity index (χ2v) is 10.3. The molecule has 0 saturated carbocycles. The van der Waals surface area contributed by atoms with E-state index in [0.717, 1.165) is 42.0 Å². The lowest BCUT2D eigenvalue weighted by Crippen LogP contribution is -2.41. The number of carbonyl (C=O) groups is 1. The maximum absolute atomic E-state index is 13.1. The van der Waals surface area contributed by atoms with Crippen LogP contribution in [0.15, 0.2) is 24.4 Å². The minimum atomic E-state index is -0.586. The number of aromatic amines is 1. The first-order chi connectivity index (χ1) is 16.7. The van der Waals surface area contributed by atoms with Crippen molar-refractivity contribution in [1.82, 2.24) is 25.1 Å². The van der Waals surface area contributed by atoms with Gasteiger partial charge in [0.2, 0.25) is 17.8 Å². The fourth-order valence-electron chi connectivity index (χ4n) is 4.93. The van der Waals surface area contributed by atoms with Gasteiger partial charge in [0.05, 0.1) is 17.6 Å². The molecular weight excluding hydrogens is 447 g/mol. The lowest BCUT2D eigenvalue weighted by molar-refractivity contribution is -0.117. The number of amides is 1. The van der Waals surface area contributed by atoms with Crippen LogP contribution in [0.3, 0.4) is 0 Å². The van der Waals surface area contributed by atoms with Crippen LogP contribution in [-0.4, -0.2) is 43.6 Å². The van der Waals surface area contributed by atoms with Crippen molar-refractivity contribution < 1.29 is 9.18 Å². The number of pyridine rings is 1. The first-order valence-electron chi connectivity index (χ1n) is 12.1. The minimum Gasteiger partial charge on any atom is -0.329 e. The van der Waals surface area contributed by atoms with Crippen LogP contribution < -0.4 is 15.5 Å². The molecule has 0 aromatic carbocycles. The van der Waals surface area contributed by atoms with Crippen molar-refractivity contribution in [2.75, 3.05) is 22.1 Å². The fourth-order valence-corrected chi connectivity index (χ4v) is 4.93. The Morgan fingerprint density at radius 3 is 2.83 bits per heavy atom. The number of anilines is 4. The molecule has 3 N–H and O–H groups in total. The molecule has 0 radical (unpaired) electrons. The summed E-state index contributed by atoms with van der Waals surface area (Å²) in [5.74, 6) is 1.56. The van der Waals surface area contributed by atoms with Crippen LogP contribution in [-0.2, 0) is 16.6 Å². The Balaban J connectivity index is 1.45. The number of aromatic nitrogens is 5. The molecule has 0 spiro atoms. The van der Waals surface area contributed by atoms with E-state index < -0.39 is 12.0 Å². The van der Waals surface area contributed by atoms with E-state index in [1.165, 1.54) is 18.3 Å². The number of halogens is 1. The largest absolute Gasteiger partial charge is 0.329 e. The molecule has 1 aliphatic carbocycles. The van der Waals surface area contributed by atoms with Crippen molar-refractivity contribution in [2.45, 2.75) is 70.8 Å². The van der Waals surface area contributed by atoms with Crippen LogP contribution in [0.1, 0.15) is 69.8 Å². The van der Waals surface area contributed by atoms with Crippen LogP contribution >= 0.6 is 0 Å². The van der Waals surface area contributed by atoms with Gasteiger partial charge >= 0.3 is 0 Å². The highest BCUT2D eigenvalue weighted by Crippen LogP contribution is 2.43. The second-order valence-electron chi connectivity index (χ2n) is 10.3. The molecule has 5 rings (SSSR count). The van der Waals surface area contributed by atoms with E-state index >= 15 is 0 Å². The van der Waals surface area contributed by atoms with Crippen LogP contribution in [0.2, 0.25) is 0 Å². The number of H-pyrrole nitrogens is 1. The van der Waals surface area contributed by atoms with E-state index in [1.54, 1.807) is 0 Å². The Bertz CT molecular complexity index is 1240. The molecule has 0 unspecified atom stereocenters. The smallest absolute Gasteiger partial charge is 0.247 e. The number of fused-ring (bicyclic) bond motifs is 1. The normalized spacial score (nSPS) is 18.7. The van der Waals surface area contributed by atoms with Gasteiger partial charge < -0.3 is 15.5 Å². The van der Waals surface area contributed by atoms with Crippen LogP contribution in [0, 0.1) is 5.95 Å². The summed E-state index contributed by atoms with van der Waals surface area (Å²) >= 11 is 0. The topological polar surface area (TPSA) is 112 Å². The molecule has 4 heterocycles. The maximum atomic E-state index is 13.1. The molecule has 1 atom stereocenters. The molecule has 3 aromatic heterocycles. The number of nitrogens with zero attached hydrogens (tertiary/aromatic N) is 5. The summed E-state index contributed by atoms with van der Waals surface area (Å²) in [5.41, 5.74) is 3.56. The Labute approximate surface area is 204 Å². The summed E-state index contributed by atoms with van der Waals surface area (Å²) in [5, 5.41) is 13.8. The zero-order valence-corrected chi connectivity index (χ0v) is 20.5. The second kappa shape index (κ2) is 8.90. The van der Waals surface area contributed by atoms with Gasteiger partial charge in [-0.15, -0.1) is 0 Å². The summed E-state index contributed by atoms with van der Waals surface area (Å²) in [6.07, 6.45) is 4.69. The third-order valence-corrected chi connectivity index (χ3v) is 6.91. The van der Waals surface area contributed by atoms with Gasteiger partial charge in [-0.1, -0.05) is 27.7 Å². The molecule has 3 aromatic rings. The third-order valence-electron chi connectivity index (χ3n) is 6.91. The molecule has 9 nitrogen and oxygen atoms in total. The quantitative estimate of drug-likeness (QED) is 0.449. The van der Waals surface area contributed by atoms with Crippen molar-refractivity contribution in [2.24, 2.45) is 0 Å². The fraction of sp³-hybridized carbons (Fsp3) is 0.480. The molecule has 1 fully saturated rings. The number of carbonyl (C=O) groups excluding carboxylic acids is 1. The molecule has 1 saturated heterocycles. The van der Waals surface area contributed by atoms with E-state index in [4.69, 9.17) is 9.97 Å². The van der Waals surface area contributed by atoms with Gasteiger partial charge in [-0.3, -0.25) is 9.89 Å². The van der Waals surface area contributed by atoms with Gasteiger partial charge in [0.25, 0.3) is 0 Å². The lowest BCUT2D eigenvalue weighted by Gasteiger charge is -2.27. The van der Waals surface area contributed by atoms with Gasteiger partial charge in [-0.25, -0.2) is 9.97 Å². The summed E-state index contributed by atoms with van der Waals surface area (Å²) in [4.78, 5) is 28.5. The highest BCUT2D eigenvalue weighted by atomic mass is 19.1. The highest BCUT2D eigenvalue weighted by molar-refractivity contribution is 5.97. The Morgan fingerprint density at radius 2 is 2.11 bits per heavy atom. The average molecular weight is 479 g/mol. The summed E-state index contributed by atoms with van der Waals surface area (Å²) < 4.78 is 13.1. The van der Waals surface area contributed by atoms with Crippen LogP contribution in [0.5, 0.6) is 0 Å². The lowest BCUT2D eigenvalue weighted by atomic mass is 9.87. The molecule has 0 bridgehead atoms. The predicted octanol–water partition coefficient (Wildman–Crippen LogP) is 4.43. The number of nitrogens with one attached hydrogen (secondary N) is 3. The Morgan fingerprint density at radius 1 is 1.29 bits per heavy atom. The highest BCUT2D eigenvalue weighted by Gasteiger charge is 2.38. The van der Waals surface area contributed by atoms with Gasteiger partial charge in [0, 0.05) is 23.9 Å². The Kier molecular flexibility index (Phi) is 5.90. The van der Waals surface area contributed by atoms with Crippen molar-refractivity contribution in [1.29, 1.82) is 0 Å². The van der Waals surface area contributed by atoms with Crippen molar-refractivity contribution in [3.8, 4) is 0 Å². The minimum absolute atomic E-state index is 0.0647. The van der Waals surface area contributed by atoms with E-state index in [9.17, 15) is 9.18 Å². The van der Waals surface area contributed by atoms with Crippen LogP contribution in [0.25, 0.3) is 0 Å². The molecule has 1 aliphatic heterocycles. The van der Waals surface area contributed by atoms with E-state index in [-0.39, 0.29) is 11.3 Å². The molecular formula is C25H31FN8O. The van der Waals surface area contributed by atoms with Crippen LogP contribution in [0.4, 0.5) is 27.7 Å². The maximum Gasteiger partial charge on any atom is 0.247 e. The third kappa shape index (κ3) is 4.56. The molecule has 1 amide bonds. The van der Waals surface area contributed by atoms with Gasteiger partial charge in [-0.2, -0.15) is 14.5 Å². The Hall–Kier alpha value is -3.56. The van der Waals surface area contributed by atoms with E-state index in [1.807, 2.05) is 11.0 Å². The standard InChI is InChI=1S/C25H31FN8O/c1-14(2)17-12-20(33-32-17)30-22-21-16(9-10-25(21,3)4)29-24(31-22)34-11-5-6-18(34)23(35)28-15-7-8-19(26)27-13-15/h7-8,12-14,18H,5-6,9-11H2,1-4H3,(H,28,35)(H2,29,30,31,32,33)/t18-/m1/s1. The first kappa shape index (κ1) is 23.2. The summed E-state index contributed by atoms with van der Waals surface area (Å²) in [7, 11) is 0. The molecule has 184 valence electrons. The molecule has 10 heteroatoms. The molecule has 2 aliphatic rings. The van der Waals surface area contributed by atoms with Crippen molar-refractivity contribution >= 4 is 29.2 Å². The van der Waals surface area contributed by atoms with Gasteiger partial charge in [-0.05, 0) is 49.1 Å². The summed E-state index contributed by atoms with van der Waals surface area (Å²) in [6, 6.07) is 4.32. The average Bonchev–Trinajstić information content (AvgIpc) is 3.54. The molecule has 35 heavy (non-hydrogen) atoms. The van der Waals surface area contributed by atoms with Gasteiger partial charge in [0.15, 0.2) is 5.82 Å². The number of rotatable bonds is 6. The monoisotopic (exact) mass is 478 g/mol. The van der Waals surface area contributed by atoms with Gasteiger partial charge in [0.1, 0.15) is 11.9 Å². The predicted molar refractivity (Wildman–Crippen MR) is 133 cm³/mol. The first-order valence-corrected chi connectivity index (χ1v) is 12.1. The number of aryl methyl sites for hydroxylation is 1.